The van der Waals surface area contributed by atoms with Crippen LogP contribution in [0.2, 0.25) is 13.3 Å². The van der Waals surface area contributed by atoms with Crippen LogP contribution in [0, 0.1) is 0 Å². The van der Waals surface area contributed by atoms with Crippen LogP contribution in [0.1, 0.15) is 77.0 Å². The Kier molecular flexibility index (Phi) is 12.4. The van der Waals surface area contributed by atoms with Gasteiger partial charge in [-0.25, -0.2) is 0 Å². The molecule has 3 fully saturated rings. The number of rotatable bonds is 14. The van der Waals surface area contributed by atoms with Gasteiger partial charge in [0.15, 0.2) is 0 Å². The Morgan fingerprint density at radius 1 is 0.805 bits per heavy atom. The van der Waals surface area contributed by atoms with Crippen molar-refractivity contribution in [3.05, 3.63) is 10.9 Å². The molecule has 0 radical (unpaired) electrons. The Bertz CT molecular complexity index is 1040. The van der Waals surface area contributed by atoms with Crippen molar-refractivity contribution in [2.24, 2.45) is 0 Å². The molecule has 7 nitrogen and oxygen atoms in total. The number of piperidine rings is 1. The topological polar surface area (TPSA) is 54.0 Å². The Labute approximate surface area is 257 Å². The predicted octanol–water partition coefficient (Wildman–Crippen LogP) is 5.88. The van der Waals surface area contributed by atoms with E-state index in [1.54, 1.807) is 0 Å². The summed E-state index contributed by atoms with van der Waals surface area (Å²) in [5.41, 5.74) is 1.23. The monoisotopic (exact) mass is 693 g/mol. The number of unbranched alkanes of at least 4 members (excludes halogenated alkanes) is 3. The summed E-state index contributed by atoms with van der Waals surface area (Å²) in [4.78, 5) is 20.5. The van der Waals surface area contributed by atoms with Gasteiger partial charge in [-0.15, -0.1) is 0 Å². The molecule has 0 spiro atoms. The van der Waals surface area contributed by atoms with E-state index in [0.29, 0.717) is 0 Å². The van der Waals surface area contributed by atoms with Crippen molar-refractivity contribution in [2.45, 2.75) is 98.0 Å². The molecule has 0 atom stereocenters. The maximum atomic E-state index is 5.76. The number of ether oxygens (including phenoxy) is 2. The van der Waals surface area contributed by atoms with Gasteiger partial charge < -0.3 is 4.74 Å². The average Bonchev–Trinajstić information content (AvgIpc) is 3.44. The number of morpholine rings is 2. The van der Waals surface area contributed by atoms with Crippen molar-refractivity contribution >= 4 is 49.6 Å². The molecule has 230 valence electrons. The van der Waals surface area contributed by atoms with Crippen molar-refractivity contribution in [3.63, 3.8) is 0 Å². The van der Waals surface area contributed by atoms with Crippen LogP contribution < -0.4 is 8.74 Å². The van der Waals surface area contributed by atoms with Gasteiger partial charge in [-0.2, -0.15) is 0 Å². The molecule has 5 heterocycles. The molecule has 9 heteroatoms. The molecule has 3 saturated heterocycles. The van der Waals surface area contributed by atoms with E-state index < -0.39 is 18.4 Å². The first kappa shape index (κ1) is 31.9. The number of thiophene rings is 1. The zero-order valence-electron chi connectivity index (χ0n) is 26.2. The average molecular weight is 693 g/mol. The first-order valence-electron chi connectivity index (χ1n) is 16.8. The minimum absolute atomic E-state index is 0.730. The fraction of sp³-hybridized carbons (Fsp3) is 0.812. The fourth-order valence-electron chi connectivity index (χ4n) is 7.13. The van der Waals surface area contributed by atoms with Crippen LogP contribution in [-0.2, 0) is 16.0 Å². The van der Waals surface area contributed by atoms with Gasteiger partial charge in [0.05, 0.1) is 13.2 Å². The minimum atomic E-state index is -2.77. The van der Waals surface area contributed by atoms with Crippen LogP contribution in [-0.4, -0.2) is 110 Å². The summed E-state index contributed by atoms with van der Waals surface area (Å²) in [5, 5.41) is 0. The summed E-state index contributed by atoms with van der Waals surface area (Å²) in [7, 11) is 0. The van der Waals surface area contributed by atoms with Crippen LogP contribution in [0.15, 0.2) is 6.07 Å². The van der Waals surface area contributed by atoms with Crippen LogP contribution in [0.5, 0.6) is 0 Å². The van der Waals surface area contributed by atoms with E-state index in [4.69, 9.17) is 19.4 Å². The first-order chi connectivity index (χ1) is 20.2. The van der Waals surface area contributed by atoms with Crippen molar-refractivity contribution in [1.29, 1.82) is 0 Å². The molecule has 0 N–H and O–H groups in total. The molecular formula is C32H55N5O2SSn. The third kappa shape index (κ3) is 8.15. The van der Waals surface area contributed by atoms with E-state index in [1.165, 1.54) is 103 Å². The van der Waals surface area contributed by atoms with Gasteiger partial charge >= 0.3 is 240 Å². The predicted molar refractivity (Wildman–Crippen MR) is 176 cm³/mol. The van der Waals surface area contributed by atoms with E-state index in [1.807, 2.05) is 11.3 Å². The van der Waals surface area contributed by atoms with E-state index in [2.05, 4.69) is 41.5 Å². The van der Waals surface area contributed by atoms with E-state index in [0.717, 1.165) is 65.2 Å². The normalized spacial score (nSPS) is 20.3. The number of aromatic nitrogens is 2. The van der Waals surface area contributed by atoms with Crippen LogP contribution in [0.4, 0.5) is 5.82 Å². The summed E-state index contributed by atoms with van der Waals surface area (Å²) < 4.78 is 18.2. The Morgan fingerprint density at radius 3 is 1.98 bits per heavy atom. The molecule has 0 unspecified atom stereocenters. The van der Waals surface area contributed by atoms with Gasteiger partial charge in [0, 0.05) is 0 Å². The van der Waals surface area contributed by atoms with Gasteiger partial charge in [-0.1, -0.05) is 0 Å². The van der Waals surface area contributed by atoms with Crippen molar-refractivity contribution in [2.75, 3.05) is 70.6 Å². The summed E-state index contributed by atoms with van der Waals surface area (Å²) in [6.07, 6.45) is 10.4. The zero-order chi connectivity index (χ0) is 28.5. The molecule has 0 aliphatic carbocycles. The summed E-state index contributed by atoms with van der Waals surface area (Å²) in [6, 6.07) is 3.17. The Balaban J connectivity index is 1.42. The first-order valence-corrected chi connectivity index (χ1v) is 25.1. The van der Waals surface area contributed by atoms with Gasteiger partial charge in [0.1, 0.15) is 0 Å². The standard InChI is InChI=1S/C20H28N5O2S.3C4H9.Sn/c1-3-23(4-2-16(1)24-5-9-26-10-6-24)14-17-13-18-19(28-17)20(22-15-21-18)25-7-11-27-12-8-25;3*1-3-4-2;/h13,16H,1-12,14H2;3*1,3-4H2,2H3;. The second-order valence-corrected chi connectivity index (χ2v) is 26.6. The molecule has 2 aromatic heterocycles. The summed E-state index contributed by atoms with van der Waals surface area (Å²) in [6.45, 7) is 18.0. The molecular weight excluding hydrogens is 637 g/mol. The Morgan fingerprint density at radius 2 is 1.39 bits per heavy atom. The van der Waals surface area contributed by atoms with Crippen LogP contribution in [0.3, 0.4) is 0 Å². The van der Waals surface area contributed by atoms with E-state index in [-0.39, 0.29) is 0 Å². The van der Waals surface area contributed by atoms with E-state index >= 15 is 0 Å². The third-order valence-corrected chi connectivity index (χ3v) is 25.4. The molecule has 2 aromatic rings. The van der Waals surface area contributed by atoms with Gasteiger partial charge in [-0.3, -0.25) is 0 Å². The quantitative estimate of drug-likeness (QED) is 0.230. The molecule has 0 saturated carbocycles. The zero-order valence-corrected chi connectivity index (χ0v) is 29.8. The Hall–Kier alpha value is -0.521. The number of likely N-dealkylation sites (tertiary alicyclic amines) is 1. The van der Waals surface area contributed by atoms with Crippen molar-refractivity contribution in [1.82, 2.24) is 19.8 Å². The van der Waals surface area contributed by atoms with E-state index in [9.17, 15) is 0 Å². The third-order valence-electron chi connectivity index (χ3n) is 9.71. The van der Waals surface area contributed by atoms with Crippen LogP contribution >= 0.6 is 11.3 Å². The molecule has 0 amide bonds. The summed E-state index contributed by atoms with van der Waals surface area (Å²) in [5.74, 6) is 1.22. The number of fused-ring (bicyclic) bond motifs is 1. The van der Waals surface area contributed by atoms with Gasteiger partial charge in [-0.05, 0) is 0 Å². The SMILES string of the molecule is CCC[CH2][Sn]([CH2]CCC)([CH2]CCC)[c]1nc(N2CCOCC2)c2sc(CN3CCC(N4CCOCC4)CC3)cc2n1. The number of hydrogen-bond acceptors (Lipinski definition) is 8. The molecule has 3 aliphatic heterocycles. The van der Waals surface area contributed by atoms with Crippen molar-refractivity contribution < 1.29 is 9.47 Å². The molecule has 0 aromatic carbocycles. The van der Waals surface area contributed by atoms with Crippen LogP contribution in [0.25, 0.3) is 10.2 Å². The second kappa shape index (κ2) is 16.0. The maximum absolute atomic E-state index is 5.76. The molecule has 0 bridgehead atoms. The van der Waals surface area contributed by atoms with Gasteiger partial charge in [0.2, 0.25) is 0 Å². The number of nitrogens with zero attached hydrogens (tertiary/aromatic N) is 5. The van der Waals surface area contributed by atoms with Gasteiger partial charge in [0.25, 0.3) is 0 Å². The molecule has 41 heavy (non-hydrogen) atoms. The fourth-order valence-corrected chi connectivity index (χ4v) is 23.2. The van der Waals surface area contributed by atoms with Crippen molar-refractivity contribution in [3.8, 4) is 0 Å². The molecule has 3 aliphatic rings. The second-order valence-electron chi connectivity index (χ2n) is 12.6. The summed E-state index contributed by atoms with van der Waals surface area (Å²) >= 11 is -0.810. The molecule has 5 rings (SSSR count). The number of anilines is 1. The number of hydrogen-bond donors (Lipinski definition) is 0.